The quantitative estimate of drug-likeness (QED) is 0.887. The molecule has 1 aromatic carbocycles. The number of nitrogens with zero attached hydrogens (tertiary/aromatic N) is 3. The molecule has 0 saturated heterocycles. The smallest absolute Gasteiger partial charge is 0.305 e. The van der Waals surface area contributed by atoms with Gasteiger partial charge in [0.25, 0.3) is 0 Å². The number of aryl methyl sites for hydroxylation is 3. The van der Waals surface area contributed by atoms with E-state index in [-0.39, 0.29) is 6.42 Å². The van der Waals surface area contributed by atoms with Crippen LogP contribution in [0, 0.1) is 13.8 Å². The Bertz CT molecular complexity index is 617. The van der Waals surface area contributed by atoms with Crippen molar-refractivity contribution in [2.75, 3.05) is 11.4 Å². The van der Waals surface area contributed by atoms with Crippen molar-refractivity contribution in [1.82, 2.24) is 9.78 Å². The Balaban J connectivity index is 2.21. The molecule has 5 heteroatoms. The number of anilines is 1. The number of aromatic nitrogens is 2. The summed E-state index contributed by atoms with van der Waals surface area (Å²) in [7, 11) is 1.89. The summed E-state index contributed by atoms with van der Waals surface area (Å²) in [6, 6.07) is 8.14. The van der Waals surface area contributed by atoms with Crippen molar-refractivity contribution in [2.24, 2.45) is 7.05 Å². The first-order valence-electron chi connectivity index (χ1n) is 6.98. The first-order chi connectivity index (χ1) is 9.95. The van der Waals surface area contributed by atoms with E-state index in [9.17, 15) is 4.79 Å². The fraction of sp³-hybridized carbons (Fsp3) is 0.375. The highest BCUT2D eigenvalue weighted by Gasteiger charge is 2.12. The Morgan fingerprint density at radius 1 is 1.29 bits per heavy atom. The molecule has 0 bridgehead atoms. The normalized spacial score (nSPS) is 10.6. The Morgan fingerprint density at radius 2 is 1.95 bits per heavy atom. The number of aliphatic carboxylic acids is 1. The lowest BCUT2D eigenvalue weighted by atomic mass is 10.2. The monoisotopic (exact) mass is 287 g/mol. The van der Waals surface area contributed by atoms with E-state index in [4.69, 9.17) is 5.11 Å². The predicted octanol–water partition coefficient (Wildman–Crippen LogP) is 2.52. The van der Waals surface area contributed by atoms with Gasteiger partial charge in [0.2, 0.25) is 0 Å². The lowest BCUT2D eigenvalue weighted by molar-refractivity contribution is -0.136. The molecule has 1 N–H and O–H groups in total. The number of hydrogen-bond acceptors (Lipinski definition) is 3. The maximum atomic E-state index is 10.9. The molecule has 0 spiro atoms. The van der Waals surface area contributed by atoms with Crippen molar-refractivity contribution >= 4 is 11.7 Å². The second-order valence-corrected chi connectivity index (χ2v) is 5.31. The van der Waals surface area contributed by atoms with Gasteiger partial charge in [0.15, 0.2) is 0 Å². The molecule has 0 aliphatic rings. The van der Waals surface area contributed by atoms with Crippen LogP contribution in [0.4, 0.5) is 5.69 Å². The van der Waals surface area contributed by atoms with Gasteiger partial charge in [-0.1, -0.05) is 17.7 Å². The fourth-order valence-electron chi connectivity index (χ4n) is 2.30. The van der Waals surface area contributed by atoms with E-state index < -0.39 is 5.97 Å². The molecule has 2 rings (SSSR count). The molecule has 1 aromatic heterocycles. The van der Waals surface area contributed by atoms with Crippen LogP contribution in [0.1, 0.15) is 23.2 Å². The summed E-state index contributed by atoms with van der Waals surface area (Å²) in [6.45, 7) is 5.15. The topological polar surface area (TPSA) is 58.4 Å². The minimum Gasteiger partial charge on any atom is -0.481 e. The predicted molar refractivity (Wildman–Crippen MR) is 82.4 cm³/mol. The number of carboxylic acids is 1. The molecule has 0 saturated carbocycles. The van der Waals surface area contributed by atoms with Gasteiger partial charge >= 0.3 is 5.97 Å². The van der Waals surface area contributed by atoms with Gasteiger partial charge in [0, 0.05) is 37.6 Å². The summed E-state index contributed by atoms with van der Waals surface area (Å²) >= 11 is 0. The van der Waals surface area contributed by atoms with Crippen LogP contribution in [0.3, 0.4) is 0 Å². The molecule has 0 aliphatic carbocycles. The molecular formula is C16H21N3O2. The van der Waals surface area contributed by atoms with Crippen molar-refractivity contribution < 1.29 is 9.90 Å². The molecule has 5 nitrogen and oxygen atoms in total. The molecule has 0 fully saturated rings. The molecule has 2 aromatic rings. The maximum absolute atomic E-state index is 10.9. The zero-order chi connectivity index (χ0) is 15.4. The number of carboxylic acid groups (broad SMARTS) is 1. The largest absolute Gasteiger partial charge is 0.481 e. The van der Waals surface area contributed by atoms with Crippen LogP contribution in [0.15, 0.2) is 30.5 Å². The van der Waals surface area contributed by atoms with Crippen LogP contribution in [-0.2, 0) is 18.4 Å². The van der Waals surface area contributed by atoms with E-state index in [1.807, 2.05) is 51.4 Å². The SMILES string of the molecule is Cc1ccc(N(CCC(=O)O)Cc2cn(C)nc2C)cc1. The molecular weight excluding hydrogens is 266 g/mol. The third-order valence-electron chi connectivity index (χ3n) is 3.47. The molecule has 21 heavy (non-hydrogen) atoms. The van der Waals surface area contributed by atoms with Gasteiger partial charge < -0.3 is 10.0 Å². The lowest BCUT2D eigenvalue weighted by Crippen LogP contribution is -2.25. The van der Waals surface area contributed by atoms with Gasteiger partial charge in [0.1, 0.15) is 0 Å². The van der Waals surface area contributed by atoms with Gasteiger partial charge in [-0.3, -0.25) is 9.48 Å². The third kappa shape index (κ3) is 4.08. The number of carbonyl (C=O) groups is 1. The summed E-state index contributed by atoms with van der Waals surface area (Å²) in [5.41, 5.74) is 4.31. The second-order valence-electron chi connectivity index (χ2n) is 5.31. The molecule has 0 aliphatic heterocycles. The maximum Gasteiger partial charge on any atom is 0.305 e. The summed E-state index contributed by atoms with van der Waals surface area (Å²) in [5, 5.41) is 13.3. The average molecular weight is 287 g/mol. The van der Waals surface area contributed by atoms with Crippen molar-refractivity contribution in [2.45, 2.75) is 26.8 Å². The minimum atomic E-state index is -0.782. The van der Waals surface area contributed by atoms with Crippen LogP contribution in [0.2, 0.25) is 0 Å². The van der Waals surface area contributed by atoms with Gasteiger partial charge in [-0.05, 0) is 26.0 Å². The number of rotatable bonds is 6. The van der Waals surface area contributed by atoms with Crippen LogP contribution >= 0.6 is 0 Å². The Kier molecular flexibility index (Phi) is 4.62. The van der Waals surface area contributed by atoms with Crippen LogP contribution in [-0.4, -0.2) is 27.4 Å². The van der Waals surface area contributed by atoms with Crippen LogP contribution in [0.5, 0.6) is 0 Å². The van der Waals surface area contributed by atoms with Crippen molar-refractivity contribution in [1.29, 1.82) is 0 Å². The minimum absolute atomic E-state index is 0.118. The van der Waals surface area contributed by atoms with Crippen molar-refractivity contribution in [3.05, 3.63) is 47.3 Å². The first kappa shape index (κ1) is 15.1. The summed E-state index contributed by atoms with van der Waals surface area (Å²) < 4.78 is 1.79. The van der Waals surface area contributed by atoms with Crippen molar-refractivity contribution in [3.8, 4) is 0 Å². The Hall–Kier alpha value is -2.30. The van der Waals surface area contributed by atoms with Gasteiger partial charge in [-0.2, -0.15) is 5.10 Å². The van der Waals surface area contributed by atoms with E-state index in [1.165, 1.54) is 5.56 Å². The fourth-order valence-corrected chi connectivity index (χ4v) is 2.30. The zero-order valence-electron chi connectivity index (χ0n) is 12.7. The lowest BCUT2D eigenvalue weighted by Gasteiger charge is -2.24. The number of hydrogen-bond donors (Lipinski definition) is 1. The molecule has 0 unspecified atom stereocenters. The van der Waals surface area contributed by atoms with E-state index in [0.29, 0.717) is 13.1 Å². The molecule has 112 valence electrons. The summed E-state index contributed by atoms with van der Waals surface area (Å²) in [6.07, 6.45) is 2.10. The molecule has 1 heterocycles. The van der Waals surface area contributed by atoms with E-state index in [2.05, 4.69) is 10.00 Å². The Morgan fingerprint density at radius 3 is 2.48 bits per heavy atom. The molecule has 0 atom stereocenters. The highest BCUT2D eigenvalue weighted by molar-refractivity contribution is 5.67. The van der Waals surface area contributed by atoms with E-state index in [1.54, 1.807) is 4.68 Å². The van der Waals surface area contributed by atoms with Gasteiger partial charge in [-0.25, -0.2) is 0 Å². The average Bonchev–Trinajstić information content (AvgIpc) is 2.73. The van der Waals surface area contributed by atoms with Crippen LogP contribution < -0.4 is 4.90 Å². The standard InChI is InChI=1S/C16H21N3O2/c1-12-4-6-15(7-5-12)19(9-8-16(20)21)11-14-10-18(3)17-13(14)2/h4-7,10H,8-9,11H2,1-3H3,(H,20,21). The highest BCUT2D eigenvalue weighted by Crippen LogP contribution is 2.19. The zero-order valence-corrected chi connectivity index (χ0v) is 12.7. The summed E-state index contributed by atoms with van der Waals surface area (Å²) in [4.78, 5) is 13.0. The highest BCUT2D eigenvalue weighted by atomic mass is 16.4. The van der Waals surface area contributed by atoms with Crippen molar-refractivity contribution in [3.63, 3.8) is 0 Å². The second kappa shape index (κ2) is 6.43. The molecule has 0 radical (unpaired) electrons. The van der Waals surface area contributed by atoms with Gasteiger partial charge in [-0.15, -0.1) is 0 Å². The van der Waals surface area contributed by atoms with Crippen LogP contribution in [0.25, 0.3) is 0 Å². The van der Waals surface area contributed by atoms with E-state index >= 15 is 0 Å². The number of benzene rings is 1. The molecule has 0 amide bonds. The first-order valence-corrected chi connectivity index (χ1v) is 6.98. The summed E-state index contributed by atoms with van der Waals surface area (Å²) in [5.74, 6) is -0.782. The van der Waals surface area contributed by atoms with E-state index in [0.717, 1.165) is 16.9 Å². The van der Waals surface area contributed by atoms with Gasteiger partial charge in [0.05, 0.1) is 12.1 Å². The Labute approximate surface area is 124 Å². The third-order valence-corrected chi connectivity index (χ3v) is 3.47.